The lowest BCUT2D eigenvalue weighted by molar-refractivity contribution is 0.319. The lowest BCUT2D eigenvalue weighted by Crippen LogP contribution is -2.34. The highest BCUT2D eigenvalue weighted by Gasteiger charge is 2.34. The van der Waals surface area contributed by atoms with Gasteiger partial charge in [-0.25, -0.2) is 8.42 Å². The van der Waals surface area contributed by atoms with E-state index in [4.69, 9.17) is 0 Å². The summed E-state index contributed by atoms with van der Waals surface area (Å²) in [7, 11) is -3.02. The molecule has 1 saturated carbocycles. The van der Waals surface area contributed by atoms with Crippen LogP contribution in [0.15, 0.2) is 11.8 Å². The molecule has 0 amide bonds. The van der Waals surface area contributed by atoms with Crippen LogP contribution in [0, 0.1) is 18.8 Å². The number of allylic oxidation sites excluding steroid dienone is 1. The molecule has 0 atom stereocenters. The van der Waals surface area contributed by atoms with E-state index in [1.807, 2.05) is 13.1 Å². The Kier molecular flexibility index (Phi) is 4.58. The summed E-state index contributed by atoms with van der Waals surface area (Å²) in [6.07, 6.45) is 9.15. The Morgan fingerprint density at radius 1 is 1.17 bits per heavy atom. The van der Waals surface area contributed by atoms with Gasteiger partial charge in [-0.15, -0.1) is 0 Å². The first-order chi connectivity index (χ1) is 11.2. The van der Waals surface area contributed by atoms with Crippen molar-refractivity contribution in [2.75, 3.05) is 5.75 Å². The smallest absolute Gasteiger partial charge is 0.155 e. The quantitative estimate of drug-likeness (QED) is 0.835. The molecule has 0 saturated heterocycles. The Morgan fingerprint density at radius 2 is 1.83 bits per heavy atom. The van der Waals surface area contributed by atoms with Gasteiger partial charge in [0.2, 0.25) is 0 Å². The van der Waals surface area contributed by atoms with Crippen LogP contribution in [0.5, 0.6) is 0 Å². The average molecular weight is 349 g/mol. The summed E-state index contributed by atoms with van der Waals surface area (Å²) in [6.45, 7) is 7.38. The first kappa shape index (κ1) is 17.6. The van der Waals surface area contributed by atoms with Crippen LogP contribution in [0.25, 0.3) is 6.08 Å². The fourth-order valence-corrected chi connectivity index (χ4v) is 5.17. The van der Waals surface area contributed by atoms with Crippen LogP contribution in [-0.2, 0) is 16.3 Å². The minimum Gasteiger partial charge on any atom is -0.257 e. The third kappa shape index (κ3) is 3.56. The highest BCUT2D eigenvalue weighted by atomic mass is 32.2. The molecular formula is C19H28N2O2S. The number of aromatic nitrogens is 2. The maximum Gasteiger partial charge on any atom is 0.155 e. The fraction of sp³-hybridized carbons (Fsp3) is 0.684. The van der Waals surface area contributed by atoms with Gasteiger partial charge >= 0.3 is 0 Å². The molecule has 0 radical (unpaired) electrons. The maximum absolute atomic E-state index is 12.4. The number of nitrogens with zero attached hydrogens (tertiary/aromatic N) is 2. The van der Waals surface area contributed by atoms with Gasteiger partial charge in [-0.05, 0) is 71.3 Å². The zero-order valence-electron chi connectivity index (χ0n) is 15.2. The molecule has 0 aliphatic heterocycles. The molecule has 0 bridgehead atoms. The van der Waals surface area contributed by atoms with Gasteiger partial charge in [-0.3, -0.25) is 9.97 Å². The van der Waals surface area contributed by atoms with Crippen molar-refractivity contribution >= 4 is 15.9 Å². The number of hydrogen-bond acceptors (Lipinski definition) is 4. The van der Waals surface area contributed by atoms with Gasteiger partial charge in [-0.1, -0.05) is 5.57 Å². The van der Waals surface area contributed by atoms with E-state index in [0.717, 1.165) is 49.2 Å². The maximum atomic E-state index is 12.4. The summed E-state index contributed by atoms with van der Waals surface area (Å²) < 4.78 is 24.2. The Hall–Kier alpha value is -1.23. The van der Waals surface area contributed by atoms with Crippen LogP contribution in [0.4, 0.5) is 0 Å². The van der Waals surface area contributed by atoms with Crippen molar-refractivity contribution in [1.29, 1.82) is 0 Å². The van der Waals surface area contributed by atoms with Crippen molar-refractivity contribution < 1.29 is 8.42 Å². The third-order valence-corrected chi connectivity index (χ3v) is 8.23. The summed E-state index contributed by atoms with van der Waals surface area (Å²) in [5.41, 5.74) is 4.52. The van der Waals surface area contributed by atoms with Gasteiger partial charge < -0.3 is 0 Å². The number of aryl methyl sites for hydroxylation is 1. The molecule has 0 spiro atoms. The molecule has 3 rings (SSSR count). The predicted octanol–water partition coefficient (Wildman–Crippen LogP) is 3.74. The Morgan fingerprint density at radius 3 is 2.46 bits per heavy atom. The fourth-order valence-electron chi connectivity index (χ4n) is 3.72. The second-order valence-electron chi connectivity index (χ2n) is 8.35. The first-order valence-corrected chi connectivity index (χ1v) is 10.6. The van der Waals surface area contributed by atoms with Crippen molar-refractivity contribution in [1.82, 2.24) is 9.97 Å². The van der Waals surface area contributed by atoms with Crippen LogP contribution >= 0.6 is 0 Å². The van der Waals surface area contributed by atoms with Gasteiger partial charge in [-0.2, -0.15) is 0 Å². The summed E-state index contributed by atoms with van der Waals surface area (Å²) in [6, 6.07) is 0. The summed E-state index contributed by atoms with van der Waals surface area (Å²) in [4.78, 5) is 9.07. The number of rotatable bonds is 3. The predicted molar refractivity (Wildman–Crippen MR) is 97.4 cm³/mol. The Labute approximate surface area is 145 Å². The van der Waals surface area contributed by atoms with Gasteiger partial charge in [0.25, 0.3) is 0 Å². The van der Waals surface area contributed by atoms with Gasteiger partial charge in [0.1, 0.15) is 0 Å². The average Bonchev–Trinajstić information content (AvgIpc) is 2.89. The molecule has 132 valence electrons. The number of fused-ring (bicyclic) bond motifs is 1. The highest BCUT2D eigenvalue weighted by Crippen LogP contribution is 2.39. The van der Waals surface area contributed by atoms with Gasteiger partial charge in [0, 0.05) is 12.6 Å². The molecule has 1 aromatic rings. The standard InChI is InChI=1S/C19H28N2O2S/c1-13-11-20-17-9-16(10-18(17)21-13)15-7-5-14(6-8-15)12-24(22,23)19(2,3)4/h10-11,14-15H,5-9,12H2,1-4H3. The summed E-state index contributed by atoms with van der Waals surface area (Å²) in [5.74, 6) is 1.22. The second-order valence-corrected chi connectivity index (χ2v) is 11.1. The van der Waals surface area contributed by atoms with E-state index in [9.17, 15) is 8.42 Å². The molecule has 0 aromatic carbocycles. The molecule has 5 heteroatoms. The topological polar surface area (TPSA) is 59.9 Å². The Bertz CT molecular complexity index is 752. The summed E-state index contributed by atoms with van der Waals surface area (Å²) >= 11 is 0. The number of hydrogen-bond donors (Lipinski definition) is 0. The molecule has 1 fully saturated rings. The molecule has 2 aliphatic carbocycles. The zero-order chi connectivity index (χ0) is 17.5. The molecular weight excluding hydrogens is 320 g/mol. The van der Waals surface area contributed by atoms with E-state index < -0.39 is 14.6 Å². The second kappa shape index (κ2) is 6.25. The lowest BCUT2D eigenvalue weighted by Gasteiger charge is -2.31. The monoisotopic (exact) mass is 348 g/mol. The van der Waals surface area contributed by atoms with Crippen LogP contribution in [0.2, 0.25) is 0 Å². The first-order valence-electron chi connectivity index (χ1n) is 8.91. The molecule has 4 nitrogen and oxygen atoms in total. The minimum atomic E-state index is -3.02. The molecule has 0 unspecified atom stereocenters. The van der Waals surface area contributed by atoms with Crippen molar-refractivity contribution in [3.63, 3.8) is 0 Å². The van der Waals surface area contributed by atoms with E-state index in [2.05, 4.69) is 16.0 Å². The van der Waals surface area contributed by atoms with E-state index in [0.29, 0.717) is 17.6 Å². The van der Waals surface area contributed by atoms with Crippen molar-refractivity contribution in [2.24, 2.45) is 11.8 Å². The van der Waals surface area contributed by atoms with Crippen molar-refractivity contribution in [3.8, 4) is 0 Å². The van der Waals surface area contributed by atoms with Crippen LogP contribution in [0.1, 0.15) is 63.5 Å². The molecule has 1 heterocycles. The van der Waals surface area contributed by atoms with E-state index in [1.165, 1.54) is 5.57 Å². The molecule has 1 aromatic heterocycles. The third-order valence-electron chi connectivity index (χ3n) is 5.45. The SMILES string of the molecule is Cc1cnc2c(n1)C=C(C1CCC(CS(=O)(=O)C(C)(C)C)CC1)C2. The normalized spacial score (nSPS) is 24.6. The Balaban J connectivity index is 1.60. The molecule has 2 aliphatic rings. The van der Waals surface area contributed by atoms with Crippen LogP contribution in [-0.4, -0.2) is 28.9 Å². The summed E-state index contributed by atoms with van der Waals surface area (Å²) in [5, 5.41) is 0. The van der Waals surface area contributed by atoms with Crippen molar-refractivity contribution in [3.05, 3.63) is 28.9 Å². The molecule has 0 N–H and O–H groups in total. The van der Waals surface area contributed by atoms with E-state index >= 15 is 0 Å². The van der Waals surface area contributed by atoms with Gasteiger partial charge in [0.05, 0.1) is 27.6 Å². The highest BCUT2D eigenvalue weighted by molar-refractivity contribution is 7.92. The van der Waals surface area contributed by atoms with E-state index in [1.54, 1.807) is 20.8 Å². The minimum absolute atomic E-state index is 0.313. The lowest BCUT2D eigenvalue weighted by atomic mass is 9.79. The van der Waals surface area contributed by atoms with Crippen LogP contribution in [0.3, 0.4) is 0 Å². The van der Waals surface area contributed by atoms with Crippen molar-refractivity contribution in [2.45, 2.75) is 64.5 Å². The van der Waals surface area contributed by atoms with E-state index in [-0.39, 0.29) is 0 Å². The zero-order valence-corrected chi connectivity index (χ0v) is 16.0. The number of sulfone groups is 1. The molecule has 24 heavy (non-hydrogen) atoms. The van der Waals surface area contributed by atoms with Gasteiger partial charge in [0.15, 0.2) is 9.84 Å². The van der Waals surface area contributed by atoms with Crippen LogP contribution < -0.4 is 0 Å². The largest absolute Gasteiger partial charge is 0.257 e.